The fourth-order valence-corrected chi connectivity index (χ4v) is 1.42. The molecule has 0 aromatic heterocycles. The standard InChI is InChI=1S/C12H13F4NO2/c1-19-10(18)9-5-3-2-4-8(9)6-17-7-12(15,16)11(13)14/h2-5,11,17H,6-7H2,1H3. The van der Waals surface area contributed by atoms with E-state index < -0.39 is 24.9 Å². The lowest BCUT2D eigenvalue weighted by Crippen LogP contribution is -2.38. The third-order valence-electron chi connectivity index (χ3n) is 2.42. The van der Waals surface area contributed by atoms with E-state index in [4.69, 9.17) is 0 Å². The average molecular weight is 279 g/mol. The van der Waals surface area contributed by atoms with Crippen molar-refractivity contribution in [2.45, 2.75) is 18.9 Å². The minimum Gasteiger partial charge on any atom is -0.465 e. The molecule has 0 aliphatic heterocycles. The van der Waals surface area contributed by atoms with E-state index in [1.54, 1.807) is 12.1 Å². The molecule has 0 aliphatic rings. The van der Waals surface area contributed by atoms with Crippen molar-refractivity contribution in [1.29, 1.82) is 0 Å². The lowest BCUT2D eigenvalue weighted by molar-refractivity contribution is -0.125. The summed E-state index contributed by atoms with van der Waals surface area (Å²) in [5.74, 6) is -4.71. The second kappa shape index (κ2) is 6.51. The number of rotatable bonds is 6. The Labute approximate surface area is 107 Å². The lowest BCUT2D eigenvalue weighted by Gasteiger charge is -2.16. The molecule has 1 N–H and O–H groups in total. The summed E-state index contributed by atoms with van der Waals surface area (Å²) in [6.07, 6.45) is -3.73. The maximum absolute atomic E-state index is 12.7. The second-order valence-electron chi connectivity index (χ2n) is 3.81. The van der Waals surface area contributed by atoms with Gasteiger partial charge >= 0.3 is 18.3 Å². The molecule has 0 unspecified atom stereocenters. The molecule has 0 saturated heterocycles. The van der Waals surface area contributed by atoms with E-state index in [1.165, 1.54) is 19.2 Å². The first-order chi connectivity index (χ1) is 8.88. The molecule has 106 valence electrons. The Morgan fingerprint density at radius 3 is 2.58 bits per heavy atom. The number of carbonyl (C=O) groups is 1. The molecule has 0 atom stereocenters. The van der Waals surface area contributed by atoms with E-state index in [-0.39, 0.29) is 12.1 Å². The molecule has 0 spiro atoms. The first-order valence-electron chi connectivity index (χ1n) is 5.41. The van der Waals surface area contributed by atoms with E-state index in [2.05, 4.69) is 10.1 Å². The Bertz CT molecular complexity index is 437. The smallest absolute Gasteiger partial charge is 0.338 e. The molecular formula is C12H13F4NO2. The molecule has 1 aromatic rings. The molecule has 0 amide bonds. The van der Waals surface area contributed by atoms with Crippen molar-refractivity contribution in [3.8, 4) is 0 Å². The van der Waals surface area contributed by atoms with Crippen molar-refractivity contribution >= 4 is 5.97 Å². The van der Waals surface area contributed by atoms with Crippen molar-refractivity contribution in [1.82, 2.24) is 5.32 Å². The van der Waals surface area contributed by atoms with Gasteiger partial charge in [0.15, 0.2) is 0 Å². The fourth-order valence-electron chi connectivity index (χ4n) is 1.42. The number of ether oxygens (including phenoxy) is 1. The summed E-state index contributed by atoms with van der Waals surface area (Å²) in [6.45, 7) is -1.30. The normalized spacial score (nSPS) is 11.7. The summed E-state index contributed by atoms with van der Waals surface area (Å²) in [5, 5.41) is 2.20. The number of hydrogen-bond acceptors (Lipinski definition) is 3. The van der Waals surface area contributed by atoms with Crippen molar-refractivity contribution in [2.24, 2.45) is 0 Å². The van der Waals surface area contributed by atoms with Crippen LogP contribution in [0.4, 0.5) is 17.6 Å². The molecule has 0 radical (unpaired) electrons. The third-order valence-corrected chi connectivity index (χ3v) is 2.42. The van der Waals surface area contributed by atoms with Crippen LogP contribution >= 0.6 is 0 Å². The van der Waals surface area contributed by atoms with Crippen molar-refractivity contribution in [2.75, 3.05) is 13.7 Å². The molecule has 1 aromatic carbocycles. The number of halogens is 4. The Kier molecular flexibility index (Phi) is 5.29. The molecule has 1 rings (SSSR count). The molecule has 3 nitrogen and oxygen atoms in total. The van der Waals surface area contributed by atoms with E-state index in [0.29, 0.717) is 5.56 Å². The number of hydrogen-bond donors (Lipinski definition) is 1. The number of alkyl halides is 4. The van der Waals surface area contributed by atoms with Crippen LogP contribution in [-0.4, -0.2) is 32.0 Å². The topological polar surface area (TPSA) is 38.3 Å². The summed E-state index contributed by atoms with van der Waals surface area (Å²) in [4.78, 5) is 11.4. The van der Waals surface area contributed by atoms with Gasteiger partial charge in [0.25, 0.3) is 0 Å². The Balaban J connectivity index is 2.66. The first-order valence-corrected chi connectivity index (χ1v) is 5.41. The highest BCUT2D eigenvalue weighted by atomic mass is 19.3. The highest BCUT2D eigenvalue weighted by Gasteiger charge is 2.40. The van der Waals surface area contributed by atoms with Crippen LogP contribution in [0.2, 0.25) is 0 Å². The van der Waals surface area contributed by atoms with Gasteiger partial charge in [-0.05, 0) is 11.6 Å². The molecule has 7 heteroatoms. The van der Waals surface area contributed by atoms with Crippen molar-refractivity contribution in [3.63, 3.8) is 0 Å². The first kappa shape index (κ1) is 15.4. The van der Waals surface area contributed by atoms with Gasteiger partial charge in [-0.1, -0.05) is 18.2 Å². The van der Waals surface area contributed by atoms with Gasteiger partial charge in [-0.2, -0.15) is 8.78 Å². The summed E-state index contributed by atoms with van der Waals surface area (Å²) in [6, 6.07) is 6.19. The van der Waals surface area contributed by atoms with Gasteiger partial charge in [-0.25, -0.2) is 13.6 Å². The van der Waals surface area contributed by atoms with Crippen molar-refractivity contribution < 1.29 is 27.1 Å². The summed E-state index contributed by atoms with van der Waals surface area (Å²) < 4.78 is 53.7. The Morgan fingerprint density at radius 2 is 2.00 bits per heavy atom. The zero-order chi connectivity index (χ0) is 14.5. The zero-order valence-electron chi connectivity index (χ0n) is 10.1. The maximum atomic E-state index is 12.7. The van der Waals surface area contributed by atoms with Gasteiger partial charge < -0.3 is 10.1 Å². The average Bonchev–Trinajstić information content (AvgIpc) is 2.38. The highest BCUT2D eigenvalue weighted by molar-refractivity contribution is 5.90. The van der Waals surface area contributed by atoms with Crippen LogP contribution in [0.25, 0.3) is 0 Å². The van der Waals surface area contributed by atoms with Gasteiger partial charge in [0, 0.05) is 6.54 Å². The van der Waals surface area contributed by atoms with Gasteiger partial charge in [0.1, 0.15) is 0 Å². The maximum Gasteiger partial charge on any atom is 0.338 e. The van der Waals surface area contributed by atoms with Gasteiger partial charge in [-0.3, -0.25) is 0 Å². The van der Waals surface area contributed by atoms with Crippen LogP contribution in [0.5, 0.6) is 0 Å². The molecule has 19 heavy (non-hydrogen) atoms. The van der Waals surface area contributed by atoms with Crippen LogP contribution in [-0.2, 0) is 11.3 Å². The molecule has 0 saturated carbocycles. The predicted molar refractivity (Wildman–Crippen MR) is 60.4 cm³/mol. The molecule has 0 aliphatic carbocycles. The number of nitrogens with one attached hydrogen (secondary N) is 1. The summed E-state index contributed by atoms with van der Waals surface area (Å²) in [5.41, 5.74) is 0.609. The largest absolute Gasteiger partial charge is 0.465 e. The molecule has 0 bridgehead atoms. The van der Waals surface area contributed by atoms with Crippen LogP contribution in [0, 0.1) is 0 Å². The number of methoxy groups -OCH3 is 1. The molecule has 0 heterocycles. The fraction of sp³-hybridized carbons (Fsp3) is 0.417. The summed E-state index contributed by atoms with van der Waals surface area (Å²) in [7, 11) is 1.19. The van der Waals surface area contributed by atoms with E-state index in [1.807, 2.05) is 0 Å². The third kappa shape index (κ3) is 4.20. The van der Waals surface area contributed by atoms with Crippen LogP contribution in [0.3, 0.4) is 0 Å². The minimum atomic E-state index is -4.10. The highest BCUT2D eigenvalue weighted by Crippen LogP contribution is 2.21. The summed E-state index contributed by atoms with van der Waals surface area (Å²) >= 11 is 0. The SMILES string of the molecule is COC(=O)c1ccccc1CNCC(F)(F)C(F)F. The van der Waals surface area contributed by atoms with Crippen LogP contribution in [0.1, 0.15) is 15.9 Å². The van der Waals surface area contributed by atoms with E-state index in [0.717, 1.165) is 0 Å². The lowest BCUT2D eigenvalue weighted by atomic mass is 10.1. The van der Waals surface area contributed by atoms with E-state index >= 15 is 0 Å². The van der Waals surface area contributed by atoms with Gasteiger partial charge in [-0.15, -0.1) is 0 Å². The quantitative estimate of drug-likeness (QED) is 0.642. The van der Waals surface area contributed by atoms with E-state index in [9.17, 15) is 22.4 Å². The molecular weight excluding hydrogens is 266 g/mol. The Hall–Kier alpha value is -1.63. The van der Waals surface area contributed by atoms with Crippen LogP contribution < -0.4 is 5.32 Å². The monoisotopic (exact) mass is 279 g/mol. The van der Waals surface area contributed by atoms with Gasteiger partial charge in [0.2, 0.25) is 0 Å². The zero-order valence-corrected chi connectivity index (χ0v) is 10.1. The predicted octanol–water partition coefficient (Wildman–Crippen LogP) is 2.46. The van der Waals surface area contributed by atoms with Gasteiger partial charge in [0.05, 0.1) is 19.2 Å². The van der Waals surface area contributed by atoms with Crippen LogP contribution in [0.15, 0.2) is 24.3 Å². The number of esters is 1. The number of benzene rings is 1. The van der Waals surface area contributed by atoms with Crippen molar-refractivity contribution in [3.05, 3.63) is 35.4 Å². The Morgan fingerprint density at radius 1 is 1.37 bits per heavy atom. The second-order valence-corrected chi connectivity index (χ2v) is 3.81. The molecule has 0 fully saturated rings. The number of carbonyl (C=O) groups excluding carboxylic acids is 1. The minimum absolute atomic E-state index is 0.131.